The number of nitrogens with zero attached hydrogens (tertiary/aromatic N) is 4. The molecule has 2 aromatic rings. The van der Waals surface area contributed by atoms with E-state index in [1.807, 2.05) is 0 Å². The van der Waals surface area contributed by atoms with Crippen LogP contribution >= 0.6 is 11.6 Å². The first kappa shape index (κ1) is 16.4. The van der Waals surface area contributed by atoms with Crippen molar-refractivity contribution in [1.82, 2.24) is 20.1 Å². The summed E-state index contributed by atoms with van der Waals surface area (Å²) in [6, 6.07) is 2.92. The highest BCUT2D eigenvalue weighted by Crippen LogP contribution is 2.17. The third-order valence-corrected chi connectivity index (χ3v) is 3.94. The first-order valence-corrected chi connectivity index (χ1v) is 7.90. The highest BCUT2D eigenvalue weighted by atomic mass is 35.5. The summed E-state index contributed by atoms with van der Waals surface area (Å²) >= 11 is 5.81. The lowest BCUT2D eigenvalue weighted by molar-refractivity contribution is -0.119. The number of aromatic nitrogens is 3. The predicted molar refractivity (Wildman–Crippen MR) is 90.0 cm³/mol. The number of piperazine rings is 1. The number of pyridine rings is 1. The van der Waals surface area contributed by atoms with Gasteiger partial charge in [0.15, 0.2) is 0 Å². The summed E-state index contributed by atoms with van der Waals surface area (Å²) in [7, 11) is 0. The Morgan fingerprint density at radius 1 is 1.42 bits per heavy atom. The van der Waals surface area contributed by atoms with Crippen molar-refractivity contribution < 1.29 is 9.59 Å². The van der Waals surface area contributed by atoms with E-state index in [4.69, 9.17) is 11.6 Å². The van der Waals surface area contributed by atoms with Crippen LogP contribution in [0.2, 0.25) is 5.02 Å². The second-order valence-electron chi connectivity index (χ2n) is 5.43. The lowest BCUT2D eigenvalue weighted by Crippen LogP contribution is -2.48. The van der Waals surface area contributed by atoms with Gasteiger partial charge in [-0.3, -0.25) is 14.3 Å². The number of nitrogens with one attached hydrogen (secondary N) is 2. The van der Waals surface area contributed by atoms with Gasteiger partial charge in [0.25, 0.3) is 0 Å². The van der Waals surface area contributed by atoms with Crippen LogP contribution in [0.25, 0.3) is 0 Å². The van der Waals surface area contributed by atoms with Crippen molar-refractivity contribution in [1.29, 1.82) is 0 Å². The van der Waals surface area contributed by atoms with Crippen LogP contribution in [0.4, 0.5) is 11.5 Å². The molecule has 3 heterocycles. The molecule has 0 spiro atoms. The van der Waals surface area contributed by atoms with Crippen LogP contribution < -0.4 is 15.5 Å². The van der Waals surface area contributed by atoms with Crippen molar-refractivity contribution >= 4 is 34.9 Å². The Hall–Kier alpha value is -2.45. The summed E-state index contributed by atoms with van der Waals surface area (Å²) in [5.41, 5.74) is 0.714. The number of carbonyl (C=O) groups excluding carboxylic acids is 2. The molecule has 9 heteroatoms. The Bertz CT molecular complexity index is 745. The van der Waals surface area contributed by atoms with Gasteiger partial charge in [0.2, 0.25) is 11.8 Å². The molecule has 0 bridgehead atoms. The summed E-state index contributed by atoms with van der Waals surface area (Å²) in [6.07, 6.45) is 4.63. The lowest BCUT2D eigenvalue weighted by Gasteiger charge is -2.27. The van der Waals surface area contributed by atoms with Gasteiger partial charge < -0.3 is 15.5 Å². The highest BCUT2D eigenvalue weighted by molar-refractivity contribution is 6.30. The quantitative estimate of drug-likeness (QED) is 0.862. The molecule has 0 aromatic carbocycles. The normalized spacial score (nSPS) is 16.1. The number of amides is 2. The Balaban J connectivity index is 1.65. The largest absolute Gasteiger partial charge is 0.309 e. The van der Waals surface area contributed by atoms with E-state index >= 15 is 0 Å². The lowest BCUT2D eigenvalue weighted by atomic mass is 10.3. The standard InChI is InChI=1S/C15H17ClN6O2/c1-10(22-9-11(16)6-19-22)15(24)20-13-3-2-12(7-18-13)21-5-4-17-8-14(21)23/h2-3,6-7,9-10,17H,4-5,8H2,1H3,(H,18,20,24). The van der Waals surface area contributed by atoms with Gasteiger partial charge in [-0.2, -0.15) is 5.10 Å². The average Bonchev–Trinajstić information content (AvgIpc) is 3.02. The fourth-order valence-electron chi connectivity index (χ4n) is 2.38. The van der Waals surface area contributed by atoms with Crippen LogP contribution in [-0.4, -0.2) is 46.2 Å². The molecule has 1 aliphatic rings. The molecule has 0 radical (unpaired) electrons. The smallest absolute Gasteiger partial charge is 0.250 e. The molecule has 2 N–H and O–H groups in total. The van der Waals surface area contributed by atoms with E-state index in [2.05, 4.69) is 20.7 Å². The minimum absolute atomic E-state index is 0.00372. The molecule has 2 aromatic heterocycles. The van der Waals surface area contributed by atoms with E-state index in [-0.39, 0.29) is 11.8 Å². The zero-order valence-corrected chi connectivity index (χ0v) is 13.8. The van der Waals surface area contributed by atoms with Crippen LogP contribution in [0.15, 0.2) is 30.7 Å². The SMILES string of the molecule is CC(C(=O)Nc1ccc(N2CCNCC2=O)cn1)n1cc(Cl)cn1. The number of hydrogen-bond acceptors (Lipinski definition) is 5. The van der Waals surface area contributed by atoms with Gasteiger partial charge >= 0.3 is 0 Å². The van der Waals surface area contributed by atoms with Crippen molar-refractivity contribution in [3.05, 3.63) is 35.7 Å². The Morgan fingerprint density at radius 3 is 2.88 bits per heavy atom. The summed E-state index contributed by atoms with van der Waals surface area (Å²) in [5, 5.41) is 10.2. The Labute approximate surface area is 143 Å². The van der Waals surface area contributed by atoms with E-state index in [1.165, 1.54) is 10.9 Å². The van der Waals surface area contributed by atoms with Gasteiger partial charge in [0.1, 0.15) is 11.9 Å². The predicted octanol–water partition coefficient (Wildman–Crippen LogP) is 1.07. The topological polar surface area (TPSA) is 92.2 Å². The van der Waals surface area contributed by atoms with Gasteiger partial charge in [0, 0.05) is 19.3 Å². The highest BCUT2D eigenvalue weighted by Gasteiger charge is 2.20. The fourth-order valence-corrected chi connectivity index (χ4v) is 2.52. The van der Waals surface area contributed by atoms with E-state index in [0.29, 0.717) is 29.6 Å². The first-order chi connectivity index (χ1) is 11.5. The molecule has 1 saturated heterocycles. The third kappa shape index (κ3) is 3.55. The molecule has 3 rings (SSSR count). The molecule has 126 valence electrons. The molecule has 1 atom stereocenters. The van der Waals surface area contributed by atoms with Crippen LogP contribution in [0, 0.1) is 0 Å². The second-order valence-corrected chi connectivity index (χ2v) is 5.86. The number of hydrogen-bond donors (Lipinski definition) is 2. The molecule has 24 heavy (non-hydrogen) atoms. The Morgan fingerprint density at radius 2 is 2.25 bits per heavy atom. The second kappa shape index (κ2) is 6.98. The van der Waals surface area contributed by atoms with Crippen LogP contribution in [0.3, 0.4) is 0 Å². The summed E-state index contributed by atoms with van der Waals surface area (Å²) < 4.78 is 1.48. The average molecular weight is 349 g/mol. The molecule has 1 unspecified atom stereocenters. The maximum atomic E-state index is 12.2. The van der Waals surface area contributed by atoms with Gasteiger partial charge in [-0.1, -0.05) is 11.6 Å². The van der Waals surface area contributed by atoms with Gasteiger partial charge in [-0.15, -0.1) is 0 Å². The monoisotopic (exact) mass is 348 g/mol. The van der Waals surface area contributed by atoms with E-state index < -0.39 is 6.04 Å². The maximum absolute atomic E-state index is 12.2. The van der Waals surface area contributed by atoms with E-state index in [0.717, 1.165) is 6.54 Å². The van der Waals surface area contributed by atoms with E-state index in [1.54, 1.807) is 36.4 Å². The minimum atomic E-state index is -0.520. The summed E-state index contributed by atoms with van der Waals surface area (Å²) in [5.74, 6) is 0.161. The summed E-state index contributed by atoms with van der Waals surface area (Å²) in [6.45, 7) is 3.38. The van der Waals surface area contributed by atoms with Gasteiger partial charge in [-0.25, -0.2) is 4.98 Å². The van der Waals surface area contributed by atoms with Crippen molar-refractivity contribution in [2.24, 2.45) is 0 Å². The van der Waals surface area contributed by atoms with E-state index in [9.17, 15) is 9.59 Å². The first-order valence-electron chi connectivity index (χ1n) is 7.52. The number of halogens is 1. The minimum Gasteiger partial charge on any atom is -0.309 e. The maximum Gasteiger partial charge on any atom is 0.250 e. The molecule has 2 amide bonds. The number of rotatable bonds is 4. The zero-order valence-electron chi connectivity index (χ0n) is 13.1. The van der Waals surface area contributed by atoms with Crippen LogP contribution in [-0.2, 0) is 9.59 Å². The summed E-state index contributed by atoms with van der Waals surface area (Å²) in [4.78, 5) is 30.0. The number of carbonyl (C=O) groups is 2. The van der Waals surface area contributed by atoms with Crippen LogP contribution in [0.5, 0.6) is 0 Å². The van der Waals surface area contributed by atoms with Crippen molar-refractivity contribution in [2.75, 3.05) is 29.9 Å². The van der Waals surface area contributed by atoms with Crippen molar-refractivity contribution in [2.45, 2.75) is 13.0 Å². The third-order valence-electron chi connectivity index (χ3n) is 3.75. The molecule has 0 saturated carbocycles. The van der Waals surface area contributed by atoms with Crippen LogP contribution in [0.1, 0.15) is 13.0 Å². The number of anilines is 2. The Kier molecular flexibility index (Phi) is 4.77. The molecule has 0 aliphatic carbocycles. The molecule has 1 aliphatic heterocycles. The van der Waals surface area contributed by atoms with Crippen molar-refractivity contribution in [3.63, 3.8) is 0 Å². The van der Waals surface area contributed by atoms with Gasteiger partial charge in [-0.05, 0) is 19.1 Å². The van der Waals surface area contributed by atoms with Gasteiger partial charge in [0.05, 0.1) is 29.6 Å². The molecular weight excluding hydrogens is 332 g/mol. The molecule has 8 nitrogen and oxygen atoms in total. The fraction of sp³-hybridized carbons (Fsp3) is 0.333. The molecular formula is C15H17ClN6O2. The van der Waals surface area contributed by atoms with Crippen molar-refractivity contribution in [3.8, 4) is 0 Å². The molecule has 1 fully saturated rings. The zero-order chi connectivity index (χ0) is 17.1.